The Balaban J connectivity index is 1.59. The van der Waals surface area contributed by atoms with Gasteiger partial charge in [0.2, 0.25) is 0 Å². The van der Waals surface area contributed by atoms with Crippen LogP contribution in [0.1, 0.15) is 77.0 Å². The Kier molecular flexibility index (Phi) is 5.18. The lowest BCUT2D eigenvalue weighted by molar-refractivity contribution is -0.0106. The highest BCUT2D eigenvalue weighted by Gasteiger charge is 2.43. The summed E-state index contributed by atoms with van der Waals surface area (Å²) in [5.41, 5.74) is 0. The second-order valence-corrected chi connectivity index (χ2v) is 9.37. The predicted molar refractivity (Wildman–Crippen MR) is 81.6 cm³/mol. The molecule has 3 nitrogen and oxygen atoms in total. The minimum Gasteiger partial charge on any atom is -0.371 e. The summed E-state index contributed by atoms with van der Waals surface area (Å²) in [6, 6.07) is 0. The van der Waals surface area contributed by atoms with Gasteiger partial charge in [-0.2, -0.15) is 0 Å². The maximum Gasteiger partial charge on any atom is 0.498 e. The molecule has 0 unspecified atom stereocenters. The third-order valence-corrected chi connectivity index (χ3v) is 7.33. The zero-order valence-electron chi connectivity index (χ0n) is 12.9. The quantitative estimate of drug-likeness (QED) is 0.679. The van der Waals surface area contributed by atoms with Gasteiger partial charge in [0.05, 0.1) is 0 Å². The van der Waals surface area contributed by atoms with Crippen LogP contribution in [-0.2, 0) is 13.3 Å². The molecule has 0 saturated heterocycles. The van der Waals surface area contributed by atoms with Crippen LogP contribution in [0.2, 0.25) is 6.55 Å². The fourth-order valence-electron chi connectivity index (χ4n) is 4.01. The molecular weight excluding hydrogens is 268 g/mol. The van der Waals surface area contributed by atoms with Crippen molar-refractivity contribution in [1.82, 2.24) is 0 Å². The van der Waals surface area contributed by atoms with Crippen LogP contribution in [0.5, 0.6) is 0 Å². The SMILES string of the molecule is C[Si](OC1CCCC1)(OC1CCCC1)OC1CCCC1. The van der Waals surface area contributed by atoms with Crippen LogP contribution >= 0.6 is 0 Å². The summed E-state index contributed by atoms with van der Waals surface area (Å²) in [7, 11) is -2.44. The molecule has 0 atom stereocenters. The molecule has 20 heavy (non-hydrogen) atoms. The first-order valence-electron chi connectivity index (χ1n) is 8.77. The topological polar surface area (TPSA) is 27.7 Å². The number of hydrogen-bond acceptors (Lipinski definition) is 3. The summed E-state index contributed by atoms with van der Waals surface area (Å²) in [6.45, 7) is 2.15. The van der Waals surface area contributed by atoms with E-state index < -0.39 is 8.80 Å². The fourth-order valence-corrected chi connectivity index (χ4v) is 6.70. The van der Waals surface area contributed by atoms with E-state index in [1.54, 1.807) is 0 Å². The van der Waals surface area contributed by atoms with Crippen molar-refractivity contribution in [3.05, 3.63) is 0 Å². The summed E-state index contributed by atoms with van der Waals surface area (Å²) >= 11 is 0. The first-order chi connectivity index (χ1) is 9.73. The Labute approximate surface area is 124 Å². The van der Waals surface area contributed by atoms with Crippen LogP contribution in [0.15, 0.2) is 0 Å². The zero-order chi connectivity index (χ0) is 13.8. The van der Waals surface area contributed by atoms with Crippen LogP contribution in [0.3, 0.4) is 0 Å². The molecule has 0 aliphatic heterocycles. The van der Waals surface area contributed by atoms with Crippen LogP contribution in [0.4, 0.5) is 0 Å². The van der Waals surface area contributed by atoms with E-state index in [9.17, 15) is 0 Å². The molecule has 0 N–H and O–H groups in total. The second-order valence-electron chi connectivity index (χ2n) is 6.94. The molecule has 3 aliphatic carbocycles. The number of rotatable bonds is 6. The molecule has 0 heterocycles. The van der Waals surface area contributed by atoms with E-state index >= 15 is 0 Å². The Bertz CT molecular complexity index is 247. The summed E-state index contributed by atoms with van der Waals surface area (Å²) < 4.78 is 19.3. The Hall–Kier alpha value is 0.0969. The third-order valence-electron chi connectivity index (χ3n) is 5.05. The summed E-state index contributed by atoms with van der Waals surface area (Å²) in [5, 5.41) is 0. The van der Waals surface area contributed by atoms with Gasteiger partial charge >= 0.3 is 8.80 Å². The summed E-state index contributed by atoms with van der Waals surface area (Å²) in [6.07, 6.45) is 16.2. The fraction of sp³-hybridized carbons (Fsp3) is 1.00. The van der Waals surface area contributed by atoms with Crippen molar-refractivity contribution in [2.75, 3.05) is 0 Å². The number of hydrogen-bond donors (Lipinski definition) is 0. The standard InChI is InChI=1S/C16H30O3Si/c1-20(17-14-8-2-3-9-14,18-15-10-4-5-11-15)19-16-12-6-7-13-16/h14-16H,2-13H2,1H3. The normalized spacial score (nSPS) is 26.9. The van der Waals surface area contributed by atoms with Gasteiger partial charge in [-0.15, -0.1) is 0 Å². The molecule has 3 saturated carbocycles. The molecule has 0 amide bonds. The highest BCUT2D eigenvalue weighted by atomic mass is 28.4. The lowest BCUT2D eigenvalue weighted by Crippen LogP contribution is -2.49. The largest absolute Gasteiger partial charge is 0.498 e. The van der Waals surface area contributed by atoms with Gasteiger partial charge in [0.25, 0.3) is 0 Å². The van der Waals surface area contributed by atoms with Gasteiger partial charge < -0.3 is 13.3 Å². The minimum absolute atomic E-state index is 0.398. The molecule has 0 spiro atoms. The first-order valence-corrected chi connectivity index (χ1v) is 11.0. The molecule has 0 radical (unpaired) electrons. The molecular formula is C16H30O3Si. The van der Waals surface area contributed by atoms with Gasteiger partial charge in [-0.1, -0.05) is 38.5 Å². The van der Waals surface area contributed by atoms with Crippen molar-refractivity contribution in [2.45, 2.75) is 102 Å². The molecule has 0 aromatic rings. The Morgan fingerprint density at radius 3 is 1.05 bits per heavy atom. The third kappa shape index (κ3) is 4.06. The molecule has 0 aromatic heterocycles. The molecule has 0 aromatic carbocycles. The molecule has 3 aliphatic rings. The Morgan fingerprint density at radius 2 is 0.800 bits per heavy atom. The van der Waals surface area contributed by atoms with E-state index in [4.69, 9.17) is 13.3 Å². The second kappa shape index (κ2) is 6.90. The average molecular weight is 298 g/mol. The predicted octanol–water partition coefficient (Wildman–Crippen LogP) is 4.43. The van der Waals surface area contributed by atoms with Gasteiger partial charge in [-0.05, 0) is 38.5 Å². The molecule has 3 rings (SSSR count). The van der Waals surface area contributed by atoms with Gasteiger partial charge in [-0.25, -0.2) is 0 Å². The average Bonchev–Trinajstić information content (AvgIpc) is 3.11. The highest BCUT2D eigenvalue weighted by Crippen LogP contribution is 2.32. The van der Waals surface area contributed by atoms with Crippen molar-refractivity contribution in [3.63, 3.8) is 0 Å². The van der Waals surface area contributed by atoms with Gasteiger partial charge in [0, 0.05) is 24.9 Å². The molecule has 116 valence electrons. The lowest BCUT2D eigenvalue weighted by Gasteiger charge is -2.34. The van der Waals surface area contributed by atoms with E-state index in [1.165, 1.54) is 77.0 Å². The van der Waals surface area contributed by atoms with Crippen LogP contribution < -0.4 is 0 Å². The monoisotopic (exact) mass is 298 g/mol. The van der Waals surface area contributed by atoms with E-state index in [0.29, 0.717) is 18.3 Å². The summed E-state index contributed by atoms with van der Waals surface area (Å²) in [5.74, 6) is 0. The van der Waals surface area contributed by atoms with Crippen molar-refractivity contribution < 1.29 is 13.3 Å². The minimum atomic E-state index is -2.44. The van der Waals surface area contributed by atoms with Crippen molar-refractivity contribution in [2.24, 2.45) is 0 Å². The van der Waals surface area contributed by atoms with E-state index in [2.05, 4.69) is 6.55 Å². The molecule has 4 heteroatoms. The van der Waals surface area contributed by atoms with Gasteiger partial charge in [0.15, 0.2) is 0 Å². The molecule has 3 fully saturated rings. The van der Waals surface area contributed by atoms with Crippen molar-refractivity contribution >= 4 is 8.80 Å². The lowest BCUT2D eigenvalue weighted by atomic mass is 10.3. The first kappa shape index (κ1) is 15.0. The Morgan fingerprint density at radius 1 is 0.550 bits per heavy atom. The van der Waals surface area contributed by atoms with Crippen molar-refractivity contribution in [1.29, 1.82) is 0 Å². The van der Waals surface area contributed by atoms with Gasteiger partial charge in [0.1, 0.15) is 0 Å². The van der Waals surface area contributed by atoms with Crippen LogP contribution in [0.25, 0.3) is 0 Å². The van der Waals surface area contributed by atoms with Crippen molar-refractivity contribution in [3.8, 4) is 0 Å². The molecule has 0 bridgehead atoms. The summed E-state index contributed by atoms with van der Waals surface area (Å²) in [4.78, 5) is 0. The highest BCUT2D eigenvalue weighted by molar-refractivity contribution is 6.59. The smallest absolute Gasteiger partial charge is 0.371 e. The van der Waals surface area contributed by atoms with Crippen LogP contribution in [-0.4, -0.2) is 27.1 Å². The zero-order valence-corrected chi connectivity index (χ0v) is 13.9. The van der Waals surface area contributed by atoms with Gasteiger partial charge in [-0.3, -0.25) is 0 Å². The maximum atomic E-state index is 6.42. The van der Waals surface area contributed by atoms with E-state index in [0.717, 1.165) is 0 Å². The van der Waals surface area contributed by atoms with Crippen LogP contribution in [0, 0.1) is 0 Å². The maximum absolute atomic E-state index is 6.42. The van der Waals surface area contributed by atoms with E-state index in [-0.39, 0.29) is 0 Å². The van der Waals surface area contributed by atoms with E-state index in [1.807, 2.05) is 0 Å².